The van der Waals surface area contributed by atoms with Crippen molar-refractivity contribution in [1.29, 1.82) is 0 Å². The van der Waals surface area contributed by atoms with Gasteiger partial charge in [0.25, 0.3) is 5.91 Å². The third kappa shape index (κ3) is 2.69. The molecular weight excluding hydrogens is 232 g/mol. The summed E-state index contributed by atoms with van der Waals surface area (Å²) in [6.07, 6.45) is 0. The molecule has 1 aromatic carbocycles. The van der Waals surface area contributed by atoms with Crippen molar-refractivity contribution in [3.8, 4) is 0 Å². The predicted octanol–water partition coefficient (Wildman–Crippen LogP) is -0.0214. The van der Waals surface area contributed by atoms with Crippen LogP contribution in [0.25, 0.3) is 0 Å². The summed E-state index contributed by atoms with van der Waals surface area (Å²) in [6.45, 7) is 1.74. The first kappa shape index (κ1) is 13.0. The first-order valence-electron chi connectivity index (χ1n) is 6.05. The van der Waals surface area contributed by atoms with Crippen molar-refractivity contribution in [2.24, 2.45) is 5.73 Å². The number of hydrogen-bond acceptors (Lipinski definition) is 4. The van der Waals surface area contributed by atoms with E-state index in [4.69, 9.17) is 10.5 Å². The highest BCUT2D eigenvalue weighted by Crippen LogP contribution is 2.13. The second-order valence-electron chi connectivity index (χ2n) is 4.31. The predicted molar refractivity (Wildman–Crippen MR) is 67.1 cm³/mol. The summed E-state index contributed by atoms with van der Waals surface area (Å²) in [7, 11) is 0. The van der Waals surface area contributed by atoms with Gasteiger partial charge in [-0.15, -0.1) is 0 Å². The Bertz CT molecular complexity index is 422. The Hall–Kier alpha value is -1.43. The molecule has 5 heteroatoms. The summed E-state index contributed by atoms with van der Waals surface area (Å²) < 4.78 is 5.26. The highest BCUT2D eigenvalue weighted by Gasteiger charge is 2.27. The molecule has 98 valence electrons. The second kappa shape index (κ2) is 5.95. The van der Waals surface area contributed by atoms with E-state index in [2.05, 4.69) is 0 Å². The maximum atomic E-state index is 12.4. The number of benzene rings is 1. The van der Waals surface area contributed by atoms with Crippen LogP contribution in [0.5, 0.6) is 0 Å². The highest BCUT2D eigenvalue weighted by molar-refractivity contribution is 5.94. The van der Waals surface area contributed by atoms with E-state index in [1.807, 2.05) is 12.1 Å². The maximum Gasteiger partial charge on any atom is 0.254 e. The highest BCUT2D eigenvalue weighted by atomic mass is 16.5. The van der Waals surface area contributed by atoms with Gasteiger partial charge in [0, 0.05) is 18.7 Å². The van der Waals surface area contributed by atoms with Crippen molar-refractivity contribution in [1.82, 2.24) is 4.90 Å². The largest absolute Gasteiger partial charge is 0.394 e. The van der Waals surface area contributed by atoms with Crippen LogP contribution in [-0.4, -0.2) is 48.3 Å². The van der Waals surface area contributed by atoms with Crippen LogP contribution in [0.1, 0.15) is 15.9 Å². The Balaban J connectivity index is 2.18. The number of nitrogens with zero attached hydrogens (tertiary/aromatic N) is 1. The topological polar surface area (TPSA) is 75.8 Å². The maximum absolute atomic E-state index is 12.4. The van der Waals surface area contributed by atoms with Gasteiger partial charge in [0.1, 0.15) is 0 Å². The summed E-state index contributed by atoms with van der Waals surface area (Å²) in [6, 6.07) is 7.02. The lowest BCUT2D eigenvalue weighted by Crippen LogP contribution is -2.50. The molecule has 5 nitrogen and oxygen atoms in total. The minimum atomic E-state index is -0.257. The molecule has 1 fully saturated rings. The third-order valence-corrected chi connectivity index (χ3v) is 3.11. The van der Waals surface area contributed by atoms with Crippen molar-refractivity contribution in [2.75, 3.05) is 26.4 Å². The summed E-state index contributed by atoms with van der Waals surface area (Å²) in [5.74, 6) is -0.0762. The number of ether oxygens (including phenoxy) is 1. The molecule has 1 heterocycles. The van der Waals surface area contributed by atoms with Crippen LogP contribution >= 0.6 is 0 Å². The number of carbonyl (C=O) groups is 1. The zero-order chi connectivity index (χ0) is 13.0. The molecule has 3 N–H and O–H groups in total. The molecule has 1 unspecified atom stereocenters. The molecule has 0 spiro atoms. The fourth-order valence-corrected chi connectivity index (χ4v) is 2.07. The van der Waals surface area contributed by atoms with E-state index in [1.165, 1.54) is 0 Å². The first-order chi connectivity index (χ1) is 8.76. The van der Waals surface area contributed by atoms with E-state index in [-0.39, 0.29) is 18.6 Å². The second-order valence-corrected chi connectivity index (χ2v) is 4.31. The van der Waals surface area contributed by atoms with Crippen LogP contribution < -0.4 is 5.73 Å². The van der Waals surface area contributed by atoms with Gasteiger partial charge in [0.15, 0.2) is 0 Å². The van der Waals surface area contributed by atoms with Crippen LogP contribution in [0, 0.1) is 0 Å². The fourth-order valence-electron chi connectivity index (χ4n) is 2.07. The van der Waals surface area contributed by atoms with E-state index in [0.29, 0.717) is 31.9 Å². The summed E-state index contributed by atoms with van der Waals surface area (Å²) >= 11 is 0. The number of hydrogen-bond donors (Lipinski definition) is 2. The molecule has 0 saturated carbocycles. The SMILES string of the molecule is NCc1cccc(C(=O)N2CCOCC2CO)c1. The lowest BCUT2D eigenvalue weighted by atomic mass is 10.1. The van der Waals surface area contributed by atoms with Gasteiger partial charge in [0.2, 0.25) is 0 Å². The lowest BCUT2D eigenvalue weighted by Gasteiger charge is -2.34. The molecule has 0 aliphatic carbocycles. The molecule has 0 bridgehead atoms. The fraction of sp³-hybridized carbons (Fsp3) is 0.462. The first-order valence-corrected chi connectivity index (χ1v) is 6.05. The Labute approximate surface area is 106 Å². The van der Waals surface area contributed by atoms with E-state index in [9.17, 15) is 9.90 Å². The molecule has 1 aliphatic heterocycles. The van der Waals surface area contributed by atoms with Crippen molar-refractivity contribution in [2.45, 2.75) is 12.6 Å². The molecule has 1 aliphatic rings. The van der Waals surface area contributed by atoms with Gasteiger partial charge >= 0.3 is 0 Å². The minimum absolute atomic E-state index is 0.0762. The number of aliphatic hydroxyl groups is 1. The molecule has 0 aromatic heterocycles. The minimum Gasteiger partial charge on any atom is -0.394 e. The lowest BCUT2D eigenvalue weighted by molar-refractivity contribution is -0.0183. The summed E-state index contributed by atoms with van der Waals surface area (Å²) in [4.78, 5) is 14.0. The van der Waals surface area contributed by atoms with Gasteiger partial charge in [-0.1, -0.05) is 12.1 Å². The van der Waals surface area contributed by atoms with Crippen molar-refractivity contribution >= 4 is 5.91 Å². The number of carbonyl (C=O) groups excluding carboxylic acids is 1. The van der Waals surface area contributed by atoms with Crippen molar-refractivity contribution in [3.63, 3.8) is 0 Å². The van der Waals surface area contributed by atoms with Crippen molar-refractivity contribution in [3.05, 3.63) is 35.4 Å². The number of rotatable bonds is 3. The van der Waals surface area contributed by atoms with Crippen LogP contribution in [0.4, 0.5) is 0 Å². The molecule has 18 heavy (non-hydrogen) atoms. The van der Waals surface area contributed by atoms with E-state index >= 15 is 0 Å². The standard InChI is InChI=1S/C13H18N2O3/c14-7-10-2-1-3-11(6-10)13(17)15-4-5-18-9-12(15)8-16/h1-3,6,12,16H,4-5,7-9,14H2. The molecule has 1 aromatic rings. The Morgan fingerprint density at radius 2 is 2.39 bits per heavy atom. The average molecular weight is 250 g/mol. The van der Waals surface area contributed by atoms with Crippen LogP contribution in [0.3, 0.4) is 0 Å². The smallest absolute Gasteiger partial charge is 0.254 e. The average Bonchev–Trinajstić information content (AvgIpc) is 2.46. The van der Waals surface area contributed by atoms with Crippen LogP contribution in [0.2, 0.25) is 0 Å². The van der Waals surface area contributed by atoms with E-state index in [1.54, 1.807) is 17.0 Å². The van der Waals surface area contributed by atoms with Gasteiger partial charge in [-0.05, 0) is 17.7 Å². The number of morpholine rings is 1. The van der Waals surface area contributed by atoms with E-state index < -0.39 is 0 Å². The molecule has 2 rings (SSSR count). The monoisotopic (exact) mass is 250 g/mol. The van der Waals surface area contributed by atoms with Gasteiger partial charge in [0.05, 0.1) is 25.9 Å². The molecule has 1 atom stereocenters. The van der Waals surface area contributed by atoms with Gasteiger partial charge < -0.3 is 20.5 Å². The molecule has 0 radical (unpaired) electrons. The number of amides is 1. The van der Waals surface area contributed by atoms with Gasteiger partial charge in [-0.3, -0.25) is 4.79 Å². The Kier molecular flexibility index (Phi) is 4.30. The number of aliphatic hydroxyl groups excluding tert-OH is 1. The summed E-state index contributed by atoms with van der Waals surface area (Å²) in [5, 5.41) is 9.26. The Morgan fingerprint density at radius 3 is 3.11 bits per heavy atom. The number of nitrogens with two attached hydrogens (primary N) is 1. The molecular formula is C13H18N2O3. The van der Waals surface area contributed by atoms with Crippen molar-refractivity contribution < 1.29 is 14.6 Å². The zero-order valence-electron chi connectivity index (χ0n) is 10.2. The quantitative estimate of drug-likeness (QED) is 0.790. The van der Waals surface area contributed by atoms with E-state index in [0.717, 1.165) is 5.56 Å². The third-order valence-electron chi connectivity index (χ3n) is 3.11. The molecule has 1 saturated heterocycles. The normalized spacial score (nSPS) is 19.9. The van der Waals surface area contributed by atoms with Crippen LogP contribution in [-0.2, 0) is 11.3 Å². The van der Waals surface area contributed by atoms with Gasteiger partial charge in [-0.25, -0.2) is 0 Å². The van der Waals surface area contributed by atoms with Gasteiger partial charge in [-0.2, -0.15) is 0 Å². The molecule has 1 amide bonds. The summed E-state index contributed by atoms with van der Waals surface area (Å²) in [5.41, 5.74) is 7.10. The van der Waals surface area contributed by atoms with Crippen LogP contribution in [0.15, 0.2) is 24.3 Å². The zero-order valence-corrected chi connectivity index (χ0v) is 10.2. The Morgan fingerprint density at radius 1 is 1.56 bits per heavy atom.